The predicted molar refractivity (Wildman–Crippen MR) is 199 cm³/mol. The summed E-state index contributed by atoms with van der Waals surface area (Å²) in [6.07, 6.45) is 0. The van der Waals surface area contributed by atoms with Crippen LogP contribution in [0.15, 0.2) is 142 Å². The molecule has 0 spiro atoms. The van der Waals surface area contributed by atoms with Crippen molar-refractivity contribution in [3.8, 4) is 23.5 Å². The number of fused-ring (bicyclic) bond motifs is 14. The molecule has 0 radical (unpaired) electrons. The molecule has 0 aliphatic carbocycles. The summed E-state index contributed by atoms with van der Waals surface area (Å²) < 4.78 is 17.4. The van der Waals surface area contributed by atoms with Crippen molar-refractivity contribution in [1.29, 1.82) is 10.5 Å². The lowest BCUT2D eigenvalue weighted by atomic mass is 10.0. The van der Waals surface area contributed by atoms with Crippen molar-refractivity contribution in [1.82, 2.24) is 9.13 Å². The summed E-state index contributed by atoms with van der Waals surface area (Å²) >= 11 is 0. The number of nitrogens with zero attached hydrogens (tertiary/aromatic N) is 4. The Balaban J connectivity index is 1.35. The Labute approximate surface area is 283 Å². The second kappa shape index (κ2) is 9.64. The molecule has 0 aliphatic heterocycles. The molecule has 4 heterocycles. The first-order valence-electron chi connectivity index (χ1n) is 16.4. The van der Waals surface area contributed by atoms with Crippen molar-refractivity contribution in [2.45, 2.75) is 0 Å². The summed E-state index contributed by atoms with van der Waals surface area (Å²) in [7, 11) is 0. The lowest BCUT2D eigenvalue weighted by Crippen LogP contribution is -2.08. The van der Waals surface area contributed by atoms with E-state index >= 15 is 0 Å². The Morgan fingerprint density at radius 2 is 0.780 bits per heavy atom. The molecule has 0 aliphatic rings. The van der Waals surface area contributed by atoms with Crippen LogP contribution in [0.3, 0.4) is 0 Å². The van der Waals surface area contributed by atoms with Gasteiger partial charge in [-0.2, -0.15) is 10.5 Å². The van der Waals surface area contributed by atoms with E-state index in [-0.39, 0.29) is 0 Å². The summed E-state index contributed by atoms with van der Waals surface area (Å²) in [5.74, 6) is 0. The molecule has 230 valence electrons. The zero-order valence-corrected chi connectivity index (χ0v) is 26.3. The van der Waals surface area contributed by atoms with Gasteiger partial charge in [-0.3, -0.25) is 0 Å². The first-order valence-corrected chi connectivity index (χ1v) is 16.4. The second-order valence-electron chi connectivity index (χ2n) is 12.7. The molecular formula is C44H22N4O2. The summed E-state index contributed by atoms with van der Waals surface area (Å²) in [5, 5.41) is 29.6. The normalized spacial score (nSPS) is 12.0. The SMILES string of the molecule is N#Cc1ccc(C#N)c(-n2c3ccccc3c3c4oc5ccccc5c4ccc32)c1-n1c2ccccc2c2c3oc4ccccc4c3ccc21. The zero-order valence-electron chi connectivity index (χ0n) is 26.3. The molecule has 11 rings (SSSR count). The highest BCUT2D eigenvalue weighted by Gasteiger charge is 2.27. The fourth-order valence-corrected chi connectivity index (χ4v) is 8.16. The monoisotopic (exact) mass is 638 g/mol. The van der Waals surface area contributed by atoms with Gasteiger partial charge in [0.1, 0.15) is 34.5 Å². The third-order valence-corrected chi connectivity index (χ3v) is 10.2. The Kier molecular flexibility index (Phi) is 5.16. The van der Waals surface area contributed by atoms with Gasteiger partial charge in [0.15, 0.2) is 0 Å². The number of aromatic nitrogens is 2. The fraction of sp³-hybridized carbons (Fsp3) is 0. The van der Waals surface area contributed by atoms with Crippen LogP contribution < -0.4 is 0 Å². The quantitative estimate of drug-likeness (QED) is 0.189. The largest absolute Gasteiger partial charge is 0.455 e. The molecule has 0 amide bonds. The molecule has 0 atom stereocenters. The topological polar surface area (TPSA) is 83.7 Å². The molecule has 0 fully saturated rings. The number of hydrogen-bond acceptors (Lipinski definition) is 4. The number of rotatable bonds is 2. The van der Waals surface area contributed by atoms with Crippen LogP contribution in [0.1, 0.15) is 11.1 Å². The number of benzene rings is 7. The number of para-hydroxylation sites is 4. The van der Waals surface area contributed by atoms with Crippen molar-refractivity contribution in [3.05, 3.63) is 145 Å². The highest BCUT2D eigenvalue weighted by molar-refractivity contribution is 6.25. The summed E-state index contributed by atoms with van der Waals surface area (Å²) in [6.45, 7) is 0. The molecule has 0 N–H and O–H groups in total. The van der Waals surface area contributed by atoms with Crippen LogP contribution in [0, 0.1) is 22.7 Å². The average molecular weight is 639 g/mol. The zero-order chi connectivity index (χ0) is 33.1. The van der Waals surface area contributed by atoms with Crippen LogP contribution in [-0.4, -0.2) is 9.13 Å². The summed E-state index contributed by atoms with van der Waals surface area (Å²) in [4.78, 5) is 0. The number of nitriles is 2. The van der Waals surface area contributed by atoms with Crippen molar-refractivity contribution in [3.63, 3.8) is 0 Å². The van der Waals surface area contributed by atoms with Gasteiger partial charge < -0.3 is 18.0 Å². The molecule has 0 unspecified atom stereocenters. The van der Waals surface area contributed by atoms with E-state index in [2.05, 4.69) is 81.9 Å². The molecule has 0 saturated carbocycles. The molecule has 0 bridgehead atoms. The van der Waals surface area contributed by atoms with Crippen molar-refractivity contribution in [2.24, 2.45) is 0 Å². The van der Waals surface area contributed by atoms with Crippen LogP contribution in [0.25, 0.3) is 98.9 Å². The maximum absolute atomic E-state index is 10.8. The van der Waals surface area contributed by atoms with E-state index < -0.39 is 0 Å². The van der Waals surface area contributed by atoms with E-state index in [0.717, 1.165) is 87.5 Å². The second-order valence-corrected chi connectivity index (χ2v) is 12.7. The van der Waals surface area contributed by atoms with Crippen molar-refractivity contribution in [2.75, 3.05) is 0 Å². The standard InChI is InChI=1S/C44H22N4O2/c45-23-25-17-18-26(24-46)42(48-34-14-6-2-12-32(34)40-36(48)22-20-30-28-10-4-8-16-38(28)50-44(30)40)41(25)47-33-13-5-1-11-31(33)39-35(47)21-19-29-27-9-3-7-15-37(27)49-43(29)39/h1-22H. The molecule has 0 saturated heterocycles. The van der Waals surface area contributed by atoms with Gasteiger partial charge in [0.25, 0.3) is 0 Å². The van der Waals surface area contributed by atoms with Crippen LogP contribution in [-0.2, 0) is 0 Å². The van der Waals surface area contributed by atoms with E-state index in [4.69, 9.17) is 8.83 Å². The Hall–Kier alpha value is -7.28. The molecule has 6 nitrogen and oxygen atoms in total. The van der Waals surface area contributed by atoms with E-state index in [0.29, 0.717) is 22.5 Å². The first kappa shape index (κ1) is 26.8. The first-order chi connectivity index (χ1) is 24.7. The minimum atomic E-state index is 0.446. The molecule has 6 heteroatoms. The van der Waals surface area contributed by atoms with Crippen molar-refractivity contribution >= 4 is 87.5 Å². The Bertz CT molecular complexity index is 3130. The number of hydrogen-bond donors (Lipinski definition) is 0. The number of furan rings is 2. The van der Waals surface area contributed by atoms with E-state index in [1.165, 1.54) is 0 Å². The average Bonchev–Trinajstić information content (AvgIpc) is 3.91. The van der Waals surface area contributed by atoms with Crippen LogP contribution in [0.5, 0.6) is 0 Å². The maximum atomic E-state index is 10.8. The fourth-order valence-electron chi connectivity index (χ4n) is 8.16. The van der Waals surface area contributed by atoms with Gasteiger partial charge in [0, 0.05) is 32.3 Å². The molecular weight excluding hydrogens is 617 g/mol. The van der Waals surface area contributed by atoms with Gasteiger partial charge in [0.2, 0.25) is 0 Å². The highest BCUT2D eigenvalue weighted by Crippen LogP contribution is 2.45. The Morgan fingerprint density at radius 3 is 1.22 bits per heavy atom. The van der Waals surface area contributed by atoms with Crippen LogP contribution in [0.2, 0.25) is 0 Å². The van der Waals surface area contributed by atoms with Crippen LogP contribution >= 0.6 is 0 Å². The minimum Gasteiger partial charge on any atom is -0.455 e. The maximum Gasteiger partial charge on any atom is 0.145 e. The summed E-state index contributed by atoms with van der Waals surface area (Å²) in [6, 6.07) is 49.4. The molecule has 4 aromatic heterocycles. The lowest BCUT2D eigenvalue weighted by Gasteiger charge is -2.19. The minimum absolute atomic E-state index is 0.446. The lowest BCUT2D eigenvalue weighted by molar-refractivity contribution is 0.672. The third-order valence-electron chi connectivity index (χ3n) is 10.2. The third kappa shape index (κ3) is 3.29. The molecule has 11 aromatic rings. The summed E-state index contributed by atoms with van der Waals surface area (Å²) in [5.41, 5.74) is 8.94. The predicted octanol–water partition coefficient (Wildman–Crippen LogP) is 11.4. The van der Waals surface area contributed by atoms with Gasteiger partial charge in [0.05, 0.1) is 55.3 Å². The molecule has 7 aromatic carbocycles. The van der Waals surface area contributed by atoms with Gasteiger partial charge in [-0.25, -0.2) is 0 Å². The van der Waals surface area contributed by atoms with Gasteiger partial charge in [-0.15, -0.1) is 0 Å². The van der Waals surface area contributed by atoms with Crippen LogP contribution in [0.4, 0.5) is 0 Å². The molecule has 50 heavy (non-hydrogen) atoms. The van der Waals surface area contributed by atoms with Gasteiger partial charge in [-0.1, -0.05) is 72.8 Å². The Morgan fingerprint density at radius 1 is 0.380 bits per heavy atom. The van der Waals surface area contributed by atoms with E-state index in [1.807, 2.05) is 60.7 Å². The van der Waals surface area contributed by atoms with Gasteiger partial charge in [-0.05, 0) is 60.7 Å². The van der Waals surface area contributed by atoms with E-state index in [1.54, 1.807) is 12.1 Å². The van der Waals surface area contributed by atoms with Gasteiger partial charge >= 0.3 is 0 Å². The smallest absolute Gasteiger partial charge is 0.145 e. The van der Waals surface area contributed by atoms with Crippen molar-refractivity contribution < 1.29 is 8.83 Å². The van der Waals surface area contributed by atoms with E-state index in [9.17, 15) is 10.5 Å². The highest BCUT2D eigenvalue weighted by atomic mass is 16.3.